The van der Waals surface area contributed by atoms with E-state index in [4.69, 9.17) is 14.2 Å². The van der Waals surface area contributed by atoms with E-state index < -0.39 is 0 Å². The first-order valence-corrected chi connectivity index (χ1v) is 8.20. The molecule has 1 amide bonds. The van der Waals surface area contributed by atoms with Gasteiger partial charge in [0.15, 0.2) is 0 Å². The van der Waals surface area contributed by atoms with Crippen molar-refractivity contribution in [3.63, 3.8) is 0 Å². The maximum Gasteiger partial charge on any atom is 0.259 e. The second-order valence-corrected chi connectivity index (χ2v) is 5.09. The minimum Gasteiger partial charge on any atom is -0.490 e. The smallest absolute Gasteiger partial charge is 0.259 e. The molecule has 5 heteroatoms. The number of rotatable bonds is 10. The number of hydrogen-bond acceptors (Lipinski definition) is 4. The number of amides is 1. The quantitative estimate of drug-likeness (QED) is 0.526. The van der Waals surface area contributed by atoms with Crippen LogP contribution in [-0.2, 0) is 4.74 Å². The third-order valence-corrected chi connectivity index (χ3v) is 3.31. The van der Waals surface area contributed by atoms with Gasteiger partial charge < -0.3 is 19.5 Å². The zero-order chi connectivity index (χ0) is 17.9. The Balaban J connectivity index is 2.09. The summed E-state index contributed by atoms with van der Waals surface area (Å²) in [6.07, 6.45) is 1.65. The van der Waals surface area contributed by atoms with E-state index in [2.05, 4.69) is 11.9 Å². The highest BCUT2D eigenvalue weighted by molar-refractivity contribution is 6.06. The van der Waals surface area contributed by atoms with Crippen LogP contribution in [0, 0.1) is 0 Å². The van der Waals surface area contributed by atoms with Gasteiger partial charge in [-0.1, -0.05) is 36.9 Å². The maximum absolute atomic E-state index is 12.7. The molecule has 0 saturated carbocycles. The van der Waals surface area contributed by atoms with Crippen LogP contribution in [0.15, 0.2) is 61.2 Å². The molecule has 0 atom stereocenters. The van der Waals surface area contributed by atoms with Crippen molar-refractivity contribution in [2.75, 3.05) is 31.7 Å². The maximum atomic E-state index is 12.7. The molecule has 0 aromatic heterocycles. The fourth-order valence-corrected chi connectivity index (χ4v) is 2.17. The van der Waals surface area contributed by atoms with Gasteiger partial charge in [-0.05, 0) is 31.2 Å². The number of carbonyl (C=O) groups is 1. The Morgan fingerprint density at radius 3 is 2.52 bits per heavy atom. The fraction of sp³-hybridized carbons (Fsp3) is 0.250. The lowest BCUT2D eigenvalue weighted by atomic mass is 10.1. The zero-order valence-electron chi connectivity index (χ0n) is 14.4. The van der Waals surface area contributed by atoms with Crippen molar-refractivity contribution >= 4 is 11.6 Å². The van der Waals surface area contributed by atoms with Crippen LogP contribution in [0.5, 0.6) is 11.5 Å². The Bertz CT molecular complexity index is 700. The van der Waals surface area contributed by atoms with Gasteiger partial charge in [-0.2, -0.15) is 0 Å². The summed E-state index contributed by atoms with van der Waals surface area (Å²) in [5.41, 5.74) is 1.05. The molecule has 0 unspecified atom stereocenters. The van der Waals surface area contributed by atoms with Crippen LogP contribution in [0.1, 0.15) is 17.3 Å². The monoisotopic (exact) mass is 341 g/mol. The van der Waals surface area contributed by atoms with Crippen LogP contribution >= 0.6 is 0 Å². The highest BCUT2D eigenvalue weighted by Crippen LogP contribution is 2.26. The standard InChI is InChI=1S/C20H23NO4/c1-3-13-24-19-12-8-6-10-17(19)21-20(22)16-9-5-7-11-18(16)25-15-14-23-4-2/h3,5-12H,1,4,13-15H2,2H3,(H,21,22). The summed E-state index contributed by atoms with van der Waals surface area (Å²) in [7, 11) is 0. The molecule has 0 aliphatic rings. The molecule has 132 valence electrons. The minimum atomic E-state index is -0.262. The van der Waals surface area contributed by atoms with E-state index in [1.807, 2.05) is 25.1 Å². The van der Waals surface area contributed by atoms with Crippen LogP contribution in [0.2, 0.25) is 0 Å². The molecule has 2 aromatic carbocycles. The van der Waals surface area contributed by atoms with Crippen molar-refractivity contribution in [3.8, 4) is 11.5 Å². The van der Waals surface area contributed by atoms with Gasteiger partial charge >= 0.3 is 0 Å². The van der Waals surface area contributed by atoms with Gasteiger partial charge in [-0.25, -0.2) is 0 Å². The summed E-state index contributed by atoms with van der Waals surface area (Å²) in [5, 5.41) is 2.87. The molecule has 2 rings (SSSR count). The second-order valence-electron chi connectivity index (χ2n) is 5.09. The van der Waals surface area contributed by atoms with Crippen molar-refractivity contribution < 1.29 is 19.0 Å². The van der Waals surface area contributed by atoms with E-state index in [0.717, 1.165) is 0 Å². The topological polar surface area (TPSA) is 56.8 Å². The number of benzene rings is 2. The normalized spacial score (nSPS) is 10.1. The molecule has 0 aliphatic carbocycles. The molecule has 1 N–H and O–H groups in total. The van der Waals surface area contributed by atoms with E-state index >= 15 is 0 Å². The predicted molar refractivity (Wildman–Crippen MR) is 98.5 cm³/mol. The molecule has 0 bridgehead atoms. The molecule has 0 heterocycles. The number of anilines is 1. The van der Waals surface area contributed by atoms with Gasteiger partial charge in [0.05, 0.1) is 17.9 Å². The first kappa shape index (κ1) is 18.5. The number of carbonyl (C=O) groups excluding carboxylic acids is 1. The second kappa shape index (κ2) is 10.2. The molecular weight excluding hydrogens is 318 g/mol. The molecule has 0 spiro atoms. The van der Waals surface area contributed by atoms with Crippen LogP contribution < -0.4 is 14.8 Å². The van der Waals surface area contributed by atoms with Gasteiger partial charge in [0.2, 0.25) is 0 Å². The molecule has 0 aliphatic heterocycles. The van der Waals surface area contributed by atoms with Crippen LogP contribution in [0.25, 0.3) is 0 Å². The number of ether oxygens (including phenoxy) is 3. The summed E-state index contributed by atoms with van der Waals surface area (Å²) in [4.78, 5) is 12.7. The summed E-state index contributed by atoms with van der Waals surface area (Å²) < 4.78 is 16.5. The first-order chi connectivity index (χ1) is 12.3. The summed E-state index contributed by atoms with van der Waals surface area (Å²) in [6.45, 7) is 7.41. The SMILES string of the molecule is C=CCOc1ccccc1NC(=O)c1ccccc1OCCOCC. The van der Waals surface area contributed by atoms with Crippen molar-refractivity contribution in [1.82, 2.24) is 0 Å². The largest absolute Gasteiger partial charge is 0.490 e. The fourth-order valence-electron chi connectivity index (χ4n) is 2.17. The molecule has 0 saturated heterocycles. The van der Waals surface area contributed by atoms with E-state index in [0.29, 0.717) is 49.2 Å². The average molecular weight is 341 g/mol. The van der Waals surface area contributed by atoms with Crippen LogP contribution in [0.4, 0.5) is 5.69 Å². The third-order valence-electron chi connectivity index (χ3n) is 3.31. The number of nitrogens with one attached hydrogen (secondary N) is 1. The van der Waals surface area contributed by atoms with E-state index in [1.165, 1.54) is 0 Å². The van der Waals surface area contributed by atoms with Crippen LogP contribution in [0.3, 0.4) is 0 Å². The van der Waals surface area contributed by atoms with Crippen molar-refractivity contribution in [2.24, 2.45) is 0 Å². The zero-order valence-corrected chi connectivity index (χ0v) is 14.4. The van der Waals surface area contributed by atoms with Gasteiger partial charge in [0.25, 0.3) is 5.91 Å². The molecule has 0 radical (unpaired) electrons. The van der Waals surface area contributed by atoms with Crippen molar-refractivity contribution in [1.29, 1.82) is 0 Å². The summed E-state index contributed by atoms with van der Waals surface area (Å²) in [6, 6.07) is 14.4. The predicted octanol–water partition coefficient (Wildman–Crippen LogP) is 3.92. The first-order valence-electron chi connectivity index (χ1n) is 8.20. The highest BCUT2D eigenvalue weighted by atomic mass is 16.5. The van der Waals surface area contributed by atoms with E-state index in [9.17, 15) is 4.79 Å². The average Bonchev–Trinajstić information content (AvgIpc) is 2.65. The molecule has 5 nitrogen and oxygen atoms in total. The van der Waals surface area contributed by atoms with Gasteiger partial charge in [0, 0.05) is 6.61 Å². The summed E-state index contributed by atoms with van der Waals surface area (Å²) >= 11 is 0. The molecule has 0 fully saturated rings. The Kier molecular flexibility index (Phi) is 7.53. The Hall–Kier alpha value is -2.79. The van der Waals surface area contributed by atoms with E-state index in [1.54, 1.807) is 36.4 Å². The molecule has 25 heavy (non-hydrogen) atoms. The highest BCUT2D eigenvalue weighted by Gasteiger charge is 2.14. The minimum absolute atomic E-state index is 0.262. The Morgan fingerprint density at radius 1 is 1.04 bits per heavy atom. The van der Waals surface area contributed by atoms with E-state index in [-0.39, 0.29) is 5.91 Å². The number of hydrogen-bond donors (Lipinski definition) is 1. The lowest BCUT2D eigenvalue weighted by Gasteiger charge is -2.14. The van der Waals surface area contributed by atoms with Crippen LogP contribution in [-0.4, -0.2) is 32.3 Å². The van der Waals surface area contributed by atoms with Gasteiger partial charge in [-0.15, -0.1) is 0 Å². The lowest BCUT2D eigenvalue weighted by Crippen LogP contribution is -2.15. The number of para-hydroxylation sites is 3. The van der Waals surface area contributed by atoms with Crippen molar-refractivity contribution in [2.45, 2.75) is 6.92 Å². The Morgan fingerprint density at radius 2 is 1.76 bits per heavy atom. The molecule has 2 aromatic rings. The van der Waals surface area contributed by atoms with Gasteiger partial charge in [-0.3, -0.25) is 4.79 Å². The Labute approximate surface area is 148 Å². The van der Waals surface area contributed by atoms with Gasteiger partial charge in [0.1, 0.15) is 24.7 Å². The summed E-state index contributed by atoms with van der Waals surface area (Å²) in [5.74, 6) is 0.844. The third kappa shape index (κ3) is 5.65. The van der Waals surface area contributed by atoms with Crippen molar-refractivity contribution in [3.05, 3.63) is 66.7 Å². The lowest BCUT2D eigenvalue weighted by molar-refractivity contribution is 0.0997. The molecular formula is C20H23NO4.